The van der Waals surface area contributed by atoms with E-state index in [1.807, 2.05) is 0 Å². The first-order valence-electron chi connectivity index (χ1n) is 8.62. The van der Waals surface area contributed by atoms with Crippen LogP contribution in [0.5, 0.6) is 0 Å². The minimum Gasteiger partial charge on any atom is -0.349 e. The van der Waals surface area contributed by atoms with Crippen LogP contribution in [-0.2, 0) is 24.3 Å². The molecule has 1 N–H and O–H groups in total. The molecule has 0 spiro atoms. The Kier molecular flexibility index (Phi) is 5.08. The number of fused-ring (bicyclic) bond motifs is 1. The summed E-state index contributed by atoms with van der Waals surface area (Å²) in [5.74, 6) is 2.10. The highest BCUT2D eigenvalue weighted by atomic mass is 16.1. The van der Waals surface area contributed by atoms with Crippen molar-refractivity contribution in [2.45, 2.75) is 70.5 Å². The Morgan fingerprint density at radius 3 is 2.95 bits per heavy atom. The zero-order valence-corrected chi connectivity index (χ0v) is 13.6. The van der Waals surface area contributed by atoms with Gasteiger partial charge in [-0.25, -0.2) is 0 Å². The van der Waals surface area contributed by atoms with Gasteiger partial charge in [0.15, 0.2) is 5.82 Å². The van der Waals surface area contributed by atoms with Gasteiger partial charge in [0.1, 0.15) is 5.82 Å². The fourth-order valence-electron chi connectivity index (χ4n) is 3.57. The van der Waals surface area contributed by atoms with Crippen LogP contribution < -0.4 is 5.32 Å². The van der Waals surface area contributed by atoms with Crippen molar-refractivity contribution in [1.82, 2.24) is 25.0 Å². The molecule has 1 aromatic rings. The molecule has 6 heteroatoms. The Hall–Kier alpha value is -1.43. The zero-order chi connectivity index (χ0) is 15.4. The highest BCUT2D eigenvalue weighted by Crippen LogP contribution is 2.19. The number of nitrogens with one attached hydrogen (secondary N) is 1. The van der Waals surface area contributed by atoms with Crippen LogP contribution in [0.2, 0.25) is 0 Å². The standard InChI is InChI=1S/C16H27N5O/c1-20-10-4-2-6-13(20)8-9-16(22)17-12-15-19-18-14-7-3-5-11-21(14)15/h13H,2-12H2,1H3,(H,17,22). The molecule has 1 atom stereocenters. The first-order chi connectivity index (χ1) is 10.7. The van der Waals surface area contributed by atoms with Crippen molar-refractivity contribution in [1.29, 1.82) is 0 Å². The van der Waals surface area contributed by atoms with Crippen molar-refractivity contribution in [3.05, 3.63) is 11.6 Å². The van der Waals surface area contributed by atoms with E-state index >= 15 is 0 Å². The summed E-state index contributed by atoms with van der Waals surface area (Å²) >= 11 is 0. The third-order valence-corrected chi connectivity index (χ3v) is 5.01. The Morgan fingerprint density at radius 2 is 2.09 bits per heavy atom. The van der Waals surface area contributed by atoms with E-state index in [1.54, 1.807) is 0 Å². The van der Waals surface area contributed by atoms with Gasteiger partial charge < -0.3 is 14.8 Å². The average Bonchev–Trinajstić information content (AvgIpc) is 2.95. The van der Waals surface area contributed by atoms with Gasteiger partial charge >= 0.3 is 0 Å². The summed E-state index contributed by atoms with van der Waals surface area (Å²) in [5.41, 5.74) is 0. The number of likely N-dealkylation sites (tertiary alicyclic amines) is 1. The Morgan fingerprint density at radius 1 is 1.23 bits per heavy atom. The predicted molar refractivity (Wildman–Crippen MR) is 84.3 cm³/mol. The van der Waals surface area contributed by atoms with Gasteiger partial charge in [-0.15, -0.1) is 10.2 Å². The van der Waals surface area contributed by atoms with E-state index in [0.717, 1.165) is 37.6 Å². The lowest BCUT2D eigenvalue weighted by molar-refractivity contribution is -0.121. The molecule has 2 aliphatic heterocycles. The lowest BCUT2D eigenvalue weighted by Crippen LogP contribution is -2.37. The van der Waals surface area contributed by atoms with Crippen molar-refractivity contribution < 1.29 is 4.79 Å². The molecule has 0 aliphatic carbocycles. The average molecular weight is 305 g/mol. The third kappa shape index (κ3) is 3.66. The fraction of sp³-hybridized carbons (Fsp3) is 0.812. The van der Waals surface area contributed by atoms with Gasteiger partial charge in [-0.2, -0.15) is 0 Å². The minimum absolute atomic E-state index is 0.132. The molecule has 0 aromatic carbocycles. The first kappa shape index (κ1) is 15.5. The molecule has 0 saturated carbocycles. The molecule has 1 saturated heterocycles. The maximum atomic E-state index is 12.1. The summed E-state index contributed by atoms with van der Waals surface area (Å²) in [6, 6.07) is 0.570. The molecular formula is C16H27N5O. The smallest absolute Gasteiger partial charge is 0.220 e. The molecule has 22 heavy (non-hydrogen) atoms. The van der Waals surface area contributed by atoms with Crippen molar-refractivity contribution >= 4 is 5.91 Å². The number of piperidine rings is 1. The number of amides is 1. The molecule has 1 aromatic heterocycles. The van der Waals surface area contributed by atoms with E-state index in [0.29, 0.717) is 19.0 Å². The van der Waals surface area contributed by atoms with Crippen molar-refractivity contribution in [2.75, 3.05) is 13.6 Å². The third-order valence-electron chi connectivity index (χ3n) is 5.01. The summed E-state index contributed by atoms with van der Waals surface area (Å²) < 4.78 is 2.17. The van der Waals surface area contributed by atoms with Gasteiger partial charge in [-0.1, -0.05) is 6.42 Å². The molecule has 6 nitrogen and oxygen atoms in total. The largest absolute Gasteiger partial charge is 0.349 e. The van der Waals surface area contributed by atoms with Crippen LogP contribution in [0.3, 0.4) is 0 Å². The van der Waals surface area contributed by atoms with E-state index in [-0.39, 0.29) is 5.91 Å². The molecule has 2 aliphatic rings. The van der Waals surface area contributed by atoms with Crippen LogP contribution in [0, 0.1) is 0 Å². The fourth-order valence-corrected chi connectivity index (χ4v) is 3.57. The van der Waals surface area contributed by atoms with Crippen molar-refractivity contribution in [3.63, 3.8) is 0 Å². The molecule has 1 amide bonds. The minimum atomic E-state index is 0.132. The maximum Gasteiger partial charge on any atom is 0.220 e. The van der Waals surface area contributed by atoms with Crippen LogP contribution in [0.15, 0.2) is 0 Å². The van der Waals surface area contributed by atoms with Crippen LogP contribution in [-0.4, -0.2) is 45.2 Å². The molecule has 0 bridgehead atoms. The van der Waals surface area contributed by atoms with Crippen LogP contribution in [0.4, 0.5) is 0 Å². The van der Waals surface area contributed by atoms with Gasteiger partial charge in [-0.05, 0) is 45.7 Å². The topological polar surface area (TPSA) is 63.1 Å². The summed E-state index contributed by atoms with van der Waals surface area (Å²) in [6.45, 7) is 2.66. The Labute approximate surface area is 132 Å². The summed E-state index contributed by atoms with van der Waals surface area (Å²) in [4.78, 5) is 14.5. The van der Waals surface area contributed by atoms with Gasteiger partial charge in [0.2, 0.25) is 5.91 Å². The molecule has 3 heterocycles. The monoisotopic (exact) mass is 305 g/mol. The number of carbonyl (C=O) groups excluding carboxylic acids is 1. The number of aryl methyl sites for hydroxylation is 1. The van der Waals surface area contributed by atoms with Crippen molar-refractivity contribution in [2.24, 2.45) is 0 Å². The highest BCUT2D eigenvalue weighted by Gasteiger charge is 2.20. The van der Waals surface area contributed by atoms with Crippen LogP contribution >= 0.6 is 0 Å². The second kappa shape index (κ2) is 7.22. The summed E-state index contributed by atoms with van der Waals surface area (Å²) in [5, 5.41) is 11.4. The first-order valence-corrected chi connectivity index (χ1v) is 8.62. The van der Waals surface area contributed by atoms with Gasteiger partial charge in [0.25, 0.3) is 0 Å². The van der Waals surface area contributed by atoms with E-state index in [9.17, 15) is 4.79 Å². The van der Waals surface area contributed by atoms with Crippen LogP contribution in [0.25, 0.3) is 0 Å². The lowest BCUT2D eigenvalue weighted by Gasteiger charge is -2.32. The summed E-state index contributed by atoms with van der Waals surface area (Å²) in [7, 11) is 2.17. The van der Waals surface area contributed by atoms with E-state index in [2.05, 4.69) is 32.0 Å². The number of carbonyl (C=O) groups is 1. The number of hydrogen-bond acceptors (Lipinski definition) is 4. The number of hydrogen-bond donors (Lipinski definition) is 1. The second-order valence-electron chi connectivity index (χ2n) is 6.59. The van der Waals surface area contributed by atoms with E-state index < -0.39 is 0 Å². The van der Waals surface area contributed by atoms with Gasteiger partial charge in [0.05, 0.1) is 6.54 Å². The molecule has 1 unspecified atom stereocenters. The number of rotatable bonds is 5. The maximum absolute atomic E-state index is 12.1. The van der Waals surface area contributed by atoms with Gasteiger partial charge in [0, 0.05) is 25.4 Å². The Balaban J connectivity index is 1.43. The molecule has 3 rings (SSSR count). The second-order valence-corrected chi connectivity index (χ2v) is 6.59. The lowest BCUT2D eigenvalue weighted by atomic mass is 9.98. The van der Waals surface area contributed by atoms with E-state index in [1.165, 1.54) is 32.1 Å². The predicted octanol–water partition coefficient (Wildman–Crippen LogP) is 1.50. The highest BCUT2D eigenvalue weighted by molar-refractivity contribution is 5.75. The Bertz CT molecular complexity index is 513. The van der Waals surface area contributed by atoms with Crippen molar-refractivity contribution in [3.8, 4) is 0 Å². The zero-order valence-electron chi connectivity index (χ0n) is 13.6. The quantitative estimate of drug-likeness (QED) is 0.895. The molecule has 1 fully saturated rings. The molecular weight excluding hydrogens is 278 g/mol. The normalized spacial score (nSPS) is 22.3. The van der Waals surface area contributed by atoms with Gasteiger partial charge in [-0.3, -0.25) is 4.79 Å². The molecule has 0 radical (unpaired) electrons. The SMILES string of the molecule is CN1CCCCC1CCC(=O)NCc1nnc2n1CCCC2. The number of nitrogens with zero attached hydrogens (tertiary/aromatic N) is 4. The number of aromatic nitrogens is 3. The van der Waals surface area contributed by atoms with Crippen LogP contribution in [0.1, 0.15) is 56.6 Å². The molecule has 122 valence electrons. The van der Waals surface area contributed by atoms with E-state index in [4.69, 9.17) is 0 Å². The summed E-state index contributed by atoms with van der Waals surface area (Å²) in [6.07, 6.45) is 8.76.